The molecule has 0 spiro atoms. The summed E-state index contributed by atoms with van der Waals surface area (Å²) < 4.78 is 0. The summed E-state index contributed by atoms with van der Waals surface area (Å²) in [6.45, 7) is 0. The van der Waals surface area contributed by atoms with Gasteiger partial charge in [-0.25, -0.2) is 0 Å². The molecule has 0 saturated carbocycles. The number of hydrogen-bond acceptors (Lipinski definition) is 2. The lowest BCUT2D eigenvalue weighted by Gasteiger charge is -2.09. The highest BCUT2D eigenvalue weighted by Crippen LogP contribution is 2.23. The van der Waals surface area contributed by atoms with Crippen LogP contribution in [0.5, 0.6) is 0 Å². The Hall–Kier alpha value is -2.34. The maximum atomic E-state index is 11.5. The molecule has 2 N–H and O–H groups in total. The van der Waals surface area contributed by atoms with Crippen LogP contribution in [0.1, 0.15) is 22.3 Å². The fourth-order valence-electron chi connectivity index (χ4n) is 2.01. The van der Waals surface area contributed by atoms with Gasteiger partial charge in [-0.3, -0.25) is 4.79 Å². The van der Waals surface area contributed by atoms with E-state index in [1.54, 1.807) is 0 Å². The molecule has 0 aliphatic rings. The minimum Gasteiger partial charge on any atom is -0.366 e. The second-order valence-electron chi connectivity index (χ2n) is 3.84. The van der Waals surface area contributed by atoms with E-state index in [0.29, 0.717) is 18.4 Å². The van der Waals surface area contributed by atoms with Crippen LogP contribution in [0, 0.1) is 11.3 Å². The quantitative estimate of drug-likeness (QED) is 0.869. The molecule has 2 aromatic carbocycles. The van der Waals surface area contributed by atoms with Crippen molar-refractivity contribution in [3.8, 4) is 6.07 Å². The van der Waals surface area contributed by atoms with E-state index in [1.165, 1.54) is 0 Å². The average Bonchev–Trinajstić information content (AvgIpc) is 2.35. The van der Waals surface area contributed by atoms with Crippen LogP contribution in [-0.4, -0.2) is 5.91 Å². The van der Waals surface area contributed by atoms with E-state index in [2.05, 4.69) is 6.07 Å². The molecule has 0 unspecified atom stereocenters. The van der Waals surface area contributed by atoms with E-state index < -0.39 is 5.91 Å². The SMILES string of the molecule is N#CCCc1ccc2ccccc2c1C(N)=O. The summed E-state index contributed by atoms with van der Waals surface area (Å²) in [5, 5.41) is 10.4. The third-order valence-corrected chi connectivity index (χ3v) is 2.77. The van der Waals surface area contributed by atoms with Crippen LogP contribution >= 0.6 is 0 Å². The molecule has 3 nitrogen and oxygen atoms in total. The number of rotatable bonds is 3. The first-order valence-electron chi connectivity index (χ1n) is 5.41. The monoisotopic (exact) mass is 224 g/mol. The number of nitrogens with zero attached hydrogens (tertiary/aromatic N) is 1. The predicted octanol–water partition coefficient (Wildman–Crippen LogP) is 2.39. The fourth-order valence-corrected chi connectivity index (χ4v) is 2.01. The highest BCUT2D eigenvalue weighted by Gasteiger charge is 2.11. The van der Waals surface area contributed by atoms with Crippen LogP contribution in [0.3, 0.4) is 0 Å². The van der Waals surface area contributed by atoms with Crippen molar-refractivity contribution in [2.75, 3.05) is 0 Å². The van der Waals surface area contributed by atoms with Crippen LogP contribution in [0.25, 0.3) is 10.8 Å². The lowest BCUT2D eigenvalue weighted by atomic mass is 9.96. The van der Waals surface area contributed by atoms with Gasteiger partial charge in [0.25, 0.3) is 0 Å². The van der Waals surface area contributed by atoms with Crippen LogP contribution < -0.4 is 5.73 Å². The Morgan fingerprint density at radius 1 is 1.24 bits per heavy atom. The highest BCUT2D eigenvalue weighted by molar-refractivity contribution is 6.07. The molecule has 0 aromatic heterocycles. The minimum atomic E-state index is -0.435. The van der Waals surface area contributed by atoms with E-state index in [4.69, 9.17) is 11.0 Å². The van der Waals surface area contributed by atoms with Crippen molar-refractivity contribution in [1.82, 2.24) is 0 Å². The van der Waals surface area contributed by atoms with Gasteiger partial charge in [0.05, 0.1) is 11.6 Å². The van der Waals surface area contributed by atoms with Gasteiger partial charge in [-0.2, -0.15) is 5.26 Å². The van der Waals surface area contributed by atoms with Crippen LogP contribution in [0.4, 0.5) is 0 Å². The standard InChI is InChI=1S/C14H12N2O/c15-9-3-5-11-8-7-10-4-1-2-6-12(10)13(11)14(16)17/h1-2,4,6-8H,3,5H2,(H2,16,17). The van der Waals surface area contributed by atoms with E-state index in [1.807, 2.05) is 36.4 Å². The smallest absolute Gasteiger partial charge is 0.249 e. The van der Waals surface area contributed by atoms with Crippen molar-refractivity contribution in [2.24, 2.45) is 5.73 Å². The molecule has 0 aliphatic heterocycles. The largest absolute Gasteiger partial charge is 0.366 e. The lowest BCUT2D eigenvalue weighted by Crippen LogP contribution is -2.14. The molecule has 0 bridgehead atoms. The zero-order valence-corrected chi connectivity index (χ0v) is 9.31. The van der Waals surface area contributed by atoms with Gasteiger partial charge in [-0.1, -0.05) is 36.4 Å². The van der Waals surface area contributed by atoms with Gasteiger partial charge >= 0.3 is 0 Å². The van der Waals surface area contributed by atoms with Gasteiger partial charge in [0, 0.05) is 6.42 Å². The second kappa shape index (κ2) is 4.67. The molecule has 2 aromatic rings. The number of carbonyl (C=O) groups excluding carboxylic acids is 1. The molecular weight excluding hydrogens is 212 g/mol. The maximum absolute atomic E-state index is 11.5. The summed E-state index contributed by atoms with van der Waals surface area (Å²) in [7, 11) is 0. The Kier molecular flexibility index (Phi) is 3.06. The van der Waals surface area contributed by atoms with Crippen molar-refractivity contribution in [3.63, 3.8) is 0 Å². The third kappa shape index (κ3) is 2.11. The number of fused-ring (bicyclic) bond motifs is 1. The molecule has 0 aliphatic carbocycles. The number of aryl methyl sites for hydroxylation is 1. The van der Waals surface area contributed by atoms with Gasteiger partial charge in [-0.05, 0) is 22.8 Å². The molecule has 0 saturated heterocycles. The maximum Gasteiger partial charge on any atom is 0.249 e. The number of hydrogen-bond donors (Lipinski definition) is 1. The number of nitriles is 1. The Balaban J connectivity index is 2.65. The average molecular weight is 224 g/mol. The van der Waals surface area contributed by atoms with E-state index in [9.17, 15) is 4.79 Å². The summed E-state index contributed by atoms with van der Waals surface area (Å²) in [4.78, 5) is 11.5. The molecule has 0 heterocycles. The lowest BCUT2D eigenvalue weighted by molar-refractivity contribution is 0.100. The minimum absolute atomic E-state index is 0.388. The van der Waals surface area contributed by atoms with E-state index in [0.717, 1.165) is 16.3 Å². The zero-order valence-electron chi connectivity index (χ0n) is 9.31. The van der Waals surface area contributed by atoms with Crippen molar-refractivity contribution < 1.29 is 4.79 Å². The molecule has 2 rings (SSSR count). The normalized spacial score (nSPS) is 10.1. The van der Waals surface area contributed by atoms with Crippen molar-refractivity contribution in [3.05, 3.63) is 47.5 Å². The summed E-state index contributed by atoms with van der Waals surface area (Å²) in [5.41, 5.74) is 6.82. The van der Waals surface area contributed by atoms with Crippen LogP contribution in [-0.2, 0) is 6.42 Å². The zero-order chi connectivity index (χ0) is 12.3. The van der Waals surface area contributed by atoms with Crippen LogP contribution in [0.15, 0.2) is 36.4 Å². The molecular formula is C14H12N2O. The number of amides is 1. The predicted molar refractivity (Wildman–Crippen MR) is 66.4 cm³/mol. The Bertz CT molecular complexity index is 611. The van der Waals surface area contributed by atoms with E-state index >= 15 is 0 Å². The molecule has 0 atom stereocenters. The number of primary amides is 1. The first-order valence-corrected chi connectivity index (χ1v) is 5.41. The van der Waals surface area contributed by atoms with Crippen molar-refractivity contribution in [2.45, 2.75) is 12.8 Å². The van der Waals surface area contributed by atoms with Gasteiger partial charge in [-0.15, -0.1) is 0 Å². The molecule has 0 fully saturated rings. The summed E-state index contributed by atoms with van der Waals surface area (Å²) in [5.74, 6) is -0.435. The second-order valence-corrected chi connectivity index (χ2v) is 3.84. The summed E-state index contributed by atoms with van der Waals surface area (Å²) >= 11 is 0. The van der Waals surface area contributed by atoms with Gasteiger partial charge in [0.1, 0.15) is 0 Å². The fraction of sp³-hybridized carbons (Fsp3) is 0.143. The van der Waals surface area contributed by atoms with Crippen molar-refractivity contribution in [1.29, 1.82) is 5.26 Å². The third-order valence-electron chi connectivity index (χ3n) is 2.77. The Morgan fingerprint density at radius 3 is 2.71 bits per heavy atom. The van der Waals surface area contributed by atoms with Gasteiger partial charge in [0.2, 0.25) is 5.91 Å². The Labute approximate surface area is 99.5 Å². The van der Waals surface area contributed by atoms with Gasteiger partial charge in [0.15, 0.2) is 0 Å². The summed E-state index contributed by atoms with van der Waals surface area (Å²) in [6, 6.07) is 13.5. The molecule has 3 heteroatoms. The number of carbonyl (C=O) groups is 1. The van der Waals surface area contributed by atoms with Gasteiger partial charge < -0.3 is 5.73 Å². The summed E-state index contributed by atoms with van der Waals surface area (Å²) in [6.07, 6.45) is 0.943. The first-order chi connectivity index (χ1) is 8.24. The molecule has 17 heavy (non-hydrogen) atoms. The van der Waals surface area contributed by atoms with Crippen LogP contribution in [0.2, 0.25) is 0 Å². The topological polar surface area (TPSA) is 66.9 Å². The molecule has 84 valence electrons. The first kappa shape index (κ1) is 11.2. The number of benzene rings is 2. The highest BCUT2D eigenvalue weighted by atomic mass is 16.1. The Morgan fingerprint density at radius 2 is 2.00 bits per heavy atom. The molecule has 0 radical (unpaired) electrons. The van der Waals surface area contributed by atoms with E-state index in [-0.39, 0.29) is 0 Å². The van der Waals surface area contributed by atoms with Crippen molar-refractivity contribution >= 4 is 16.7 Å². The number of nitrogens with two attached hydrogens (primary N) is 1. The molecule has 1 amide bonds.